The van der Waals surface area contributed by atoms with E-state index in [0.29, 0.717) is 12.0 Å². The first kappa shape index (κ1) is 11.6. The van der Waals surface area contributed by atoms with E-state index in [9.17, 15) is 9.59 Å². The molecule has 1 heterocycles. The molecule has 4 heteroatoms. The van der Waals surface area contributed by atoms with Crippen LogP contribution in [0.3, 0.4) is 0 Å². The third-order valence-corrected chi connectivity index (χ3v) is 3.14. The molecule has 0 radical (unpaired) electrons. The van der Waals surface area contributed by atoms with Gasteiger partial charge in [0.05, 0.1) is 12.7 Å². The fourth-order valence-corrected chi connectivity index (χ4v) is 2.02. The zero-order valence-corrected chi connectivity index (χ0v) is 10.1. The first-order chi connectivity index (χ1) is 8.04. The number of benzene rings is 1. The predicted octanol–water partition coefficient (Wildman–Crippen LogP) is 1.56. The molecule has 0 saturated carbocycles. The molecule has 17 heavy (non-hydrogen) atoms. The van der Waals surface area contributed by atoms with Crippen molar-refractivity contribution in [3.63, 3.8) is 0 Å². The molecule has 0 amide bonds. The molecule has 1 aromatic carbocycles. The van der Waals surface area contributed by atoms with E-state index in [1.54, 1.807) is 0 Å². The highest BCUT2D eigenvalue weighted by molar-refractivity contribution is 5.96. The van der Waals surface area contributed by atoms with E-state index < -0.39 is 18.0 Å². The Kier molecular flexibility index (Phi) is 2.88. The van der Waals surface area contributed by atoms with Crippen LogP contribution in [0.2, 0.25) is 0 Å². The van der Waals surface area contributed by atoms with Crippen molar-refractivity contribution in [1.82, 2.24) is 0 Å². The van der Waals surface area contributed by atoms with E-state index in [1.807, 2.05) is 26.0 Å². The second-order valence-electron chi connectivity index (χ2n) is 4.16. The number of hydrogen-bond acceptors (Lipinski definition) is 4. The maximum absolute atomic E-state index is 11.9. The van der Waals surface area contributed by atoms with Crippen molar-refractivity contribution in [3.05, 3.63) is 34.4 Å². The molecule has 0 aromatic heterocycles. The number of aryl methyl sites for hydroxylation is 1. The summed E-state index contributed by atoms with van der Waals surface area (Å²) in [6, 6.07) is 3.81. The molecular weight excluding hydrogens is 220 g/mol. The SMILES string of the molecule is COC(=O)C1Cc2ccc(C)c(C)c2C(=O)O1. The van der Waals surface area contributed by atoms with E-state index in [4.69, 9.17) is 4.74 Å². The van der Waals surface area contributed by atoms with Crippen molar-refractivity contribution in [2.45, 2.75) is 26.4 Å². The first-order valence-corrected chi connectivity index (χ1v) is 5.42. The lowest BCUT2D eigenvalue weighted by atomic mass is 9.92. The average Bonchev–Trinajstić information content (AvgIpc) is 2.32. The fourth-order valence-electron chi connectivity index (χ4n) is 2.02. The summed E-state index contributed by atoms with van der Waals surface area (Å²) in [7, 11) is 1.28. The summed E-state index contributed by atoms with van der Waals surface area (Å²) in [6.45, 7) is 3.82. The van der Waals surface area contributed by atoms with Gasteiger partial charge in [-0.3, -0.25) is 0 Å². The Morgan fingerprint density at radius 1 is 1.41 bits per heavy atom. The van der Waals surface area contributed by atoms with Crippen LogP contribution in [0.4, 0.5) is 0 Å². The van der Waals surface area contributed by atoms with E-state index in [-0.39, 0.29) is 0 Å². The minimum Gasteiger partial charge on any atom is -0.466 e. The average molecular weight is 234 g/mol. The smallest absolute Gasteiger partial charge is 0.347 e. The number of methoxy groups -OCH3 is 1. The number of ether oxygens (including phenoxy) is 2. The molecule has 4 nitrogen and oxygen atoms in total. The number of hydrogen-bond donors (Lipinski definition) is 0. The first-order valence-electron chi connectivity index (χ1n) is 5.42. The van der Waals surface area contributed by atoms with Gasteiger partial charge in [0.25, 0.3) is 0 Å². The van der Waals surface area contributed by atoms with Gasteiger partial charge in [0, 0.05) is 6.42 Å². The van der Waals surface area contributed by atoms with E-state index >= 15 is 0 Å². The maximum atomic E-state index is 11.9. The lowest BCUT2D eigenvalue weighted by Crippen LogP contribution is -2.35. The zero-order valence-electron chi connectivity index (χ0n) is 10.1. The molecule has 1 aliphatic heterocycles. The minimum atomic E-state index is -0.817. The molecular formula is C13H14O4. The molecule has 0 aliphatic carbocycles. The summed E-state index contributed by atoms with van der Waals surface area (Å²) >= 11 is 0. The van der Waals surface area contributed by atoms with Crippen LogP contribution in [-0.2, 0) is 20.7 Å². The van der Waals surface area contributed by atoms with Crippen LogP contribution in [0.15, 0.2) is 12.1 Å². The third-order valence-electron chi connectivity index (χ3n) is 3.14. The monoisotopic (exact) mass is 234 g/mol. The van der Waals surface area contributed by atoms with Gasteiger partial charge in [0.2, 0.25) is 6.10 Å². The van der Waals surface area contributed by atoms with E-state index in [0.717, 1.165) is 16.7 Å². The van der Waals surface area contributed by atoms with Gasteiger partial charge in [-0.25, -0.2) is 9.59 Å². The minimum absolute atomic E-state index is 0.384. The highest BCUT2D eigenvalue weighted by Crippen LogP contribution is 2.26. The Morgan fingerprint density at radius 3 is 2.76 bits per heavy atom. The molecule has 1 aromatic rings. The van der Waals surface area contributed by atoms with Crippen LogP contribution in [0, 0.1) is 13.8 Å². The molecule has 2 rings (SSSR count). The highest BCUT2D eigenvalue weighted by Gasteiger charge is 2.33. The molecule has 1 unspecified atom stereocenters. The van der Waals surface area contributed by atoms with Crippen LogP contribution in [-0.4, -0.2) is 25.2 Å². The Labute approximate surface area is 99.5 Å². The number of esters is 2. The summed E-state index contributed by atoms with van der Waals surface area (Å²) in [5, 5.41) is 0. The van der Waals surface area contributed by atoms with Gasteiger partial charge in [0.15, 0.2) is 0 Å². The topological polar surface area (TPSA) is 52.6 Å². The van der Waals surface area contributed by atoms with Gasteiger partial charge in [-0.1, -0.05) is 12.1 Å². The Bertz CT molecular complexity index is 490. The second-order valence-corrected chi connectivity index (χ2v) is 4.16. The quantitative estimate of drug-likeness (QED) is 0.692. The highest BCUT2D eigenvalue weighted by atomic mass is 16.6. The second kappa shape index (κ2) is 4.20. The van der Waals surface area contributed by atoms with Crippen molar-refractivity contribution >= 4 is 11.9 Å². The zero-order chi connectivity index (χ0) is 12.6. The third kappa shape index (κ3) is 1.90. The van der Waals surface area contributed by atoms with Gasteiger partial charge in [-0.2, -0.15) is 0 Å². The van der Waals surface area contributed by atoms with Crippen LogP contribution >= 0.6 is 0 Å². The molecule has 0 fully saturated rings. The lowest BCUT2D eigenvalue weighted by Gasteiger charge is -2.24. The molecule has 0 spiro atoms. The number of rotatable bonds is 1. The number of cyclic esters (lactones) is 1. The molecule has 0 N–H and O–H groups in total. The van der Waals surface area contributed by atoms with Gasteiger partial charge in [-0.05, 0) is 30.5 Å². The van der Waals surface area contributed by atoms with E-state index in [2.05, 4.69) is 4.74 Å². The Balaban J connectivity index is 2.42. The number of carbonyl (C=O) groups excluding carboxylic acids is 2. The van der Waals surface area contributed by atoms with Crippen molar-refractivity contribution in [3.8, 4) is 0 Å². The lowest BCUT2D eigenvalue weighted by molar-refractivity contribution is -0.151. The Morgan fingerprint density at radius 2 is 2.12 bits per heavy atom. The van der Waals surface area contributed by atoms with Crippen LogP contribution < -0.4 is 0 Å². The van der Waals surface area contributed by atoms with Crippen molar-refractivity contribution in [1.29, 1.82) is 0 Å². The van der Waals surface area contributed by atoms with Gasteiger partial charge >= 0.3 is 11.9 Å². The predicted molar refractivity (Wildman–Crippen MR) is 60.8 cm³/mol. The molecule has 1 aliphatic rings. The molecule has 90 valence electrons. The van der Waals surface area contributed by atoms with Crippen LogP contribution in [0.1, 0.15) is 27.0 Å². The maximum Gasteiger partial charge on any atom is 0.347 e. The number of carbonyl (C=O) groups is 2. The van der Waals surface area contributed by atoms with Gasteiger partial charge < -0.3 is 9.47 Å². The summed E-state index contributed by atoms with van der Waals surface area (Å²) in [6.07, 6.45) is -0.434. The fraction of sp³-hybridized carbons (Fsp3) is 0.385. The molecule has 0 saturated heterocycles. The summed E-state index contributed by atoms with van der Waals surface area (Å²) in [5.74, 6) is -0.954. The summed E-state index contributed by atoms with van der Waals surface area (Å²) in [4.78, 5) is 23.2. The molecule has 0 bridgehead atoms. The van der Waals surface area contributed by atoms with Crippen LogP contribution in [0.25, 0.3) is 0 Å². The van der Waals surface area contributed by atoms with Gasteiger partial charge in [-0.15, -0.1) is 0 Å². The molecule has 1 atom stereocenters. The van der Waals surface area contributed by atoms with Crippen molar-refractivity contribution < 1.29 is 19.1 Å². The van der Waals surface area contributed by atoms with Crippen molar-refractivity contribution in [2.24, 2.45) is 0 Å². The summed E-state index contributed by atoms with van der Waals surface area (Å²) in [5.41, 5.74) is 3.39. The largest absolute Gasteiger partial charge is 0.466 e. The van der Waals surface area contributed by atoms with Crippen molar-refractivity contribution in [2.75, 3.05) is 7.11 Å². The summed E-state index contributed by atoms with van der Waals surface area (Å²) < 4.78 is 9.68. The normalized spacial score (nSPS) is 18.3. The number of fused-ring (bicyclic) bond motifs is 1. The van der Waals surface area contributed by atoms with Crippen LogP contribution in [0.5, 0.6) is 0 Å². The standard InChI is InChI=1S/C13H14O4/c1-7-4-5-9-6-10(12(14)16-3)17-13(15)11(9)8(7)2/h4-5,10H,6H2,1-3H3. The Hall–Kier alpha value is -1.84. The van der Waals surface area contributed by atoms with E-state index in [1.165, 1.54) is 7.11 Å². The van der Waals surface area contributed by atoms with Gasteiger partial charge in [0.1, 0.15) is 0 Å².